The number of rotatable bonds is 8. The summed E-state index contributed by atoms with van der Waals surface area (Å²) in [6, 6.07) is 27.4. The molecule has 0 aliphatic rings. The molecule has 0 heterocycles. The maximum Gasteiger partial charge on any atom is 0.338 e. The largest absolute Gasteiger partial charge is 0.458 e. The van der Waals surface area contributed by atoms with E-state index >= 15 is 0 Å². The molecule has 162 valence electrons. The highest BCUT2D eigenvalue weighted by Gasteiger charge is 2.41. The molecule has 0 saturated heterocycles. The number of hydrogen-bond acceptors (Lipinski definition) is 4. The standard InChI is InChI=1S/C26H29O4P/c1-20(29-25(27)22-14-8-5-9-15-22)26(3,4)21(2)30-31(28,23-16-10-6-11-17-23)24-18-12-7-13-19-24/h5-21H,1-4H3. The zero-order valence-corrected chi connectivity index (χ0v) is 19.3. The molecule has 31 heavy (non-hydrogen) atoms. The molecule has 0 aliphatic heterocycles. The first-order chi connectivity index (χ1) is 14.7. The SMILES string of the molecule is CC(OC(=O)c1ccccc1)C(C)(C)C(C)OP(=O)(c1ccccc1)c1ccccc1. The van der Waals surface area contributed by atoms with Crippen molar-refractivity contribution in [1.82, 2.24) is 0 Å². The molecular weight excluding hydrogens is 407 g/mol. The van der Waals surface area contributed by atoms with Crippen LogP contribution in [0.25, 0.3) is 0 Å². The van der Waals surface area contributed by atoms with Gasteiger partial charge in [-0.15, -0.1) is 0 Å². The van der Waals surface area contributed by atoms with Gasteiger partial charge < -0.3 is 9.26 Å². The molecule has 0 spiro atoms. The predicted octanol–water partition coefficient (Wildman–Crippen LogP) is 5.59. The maximum absolute atomic E-state index is 14.2. The number of ether oxygens (including phenoxy) is 1. The fourth-order valence-corrected chi connectivity index (χ4v) is 5.55. The molecule has 2 unspecified atom stereocenters. The van der Waals surface area contributed by atoms with Crippen molar-refractivity contribution in [3.63, 3.8) is 0 Å². The second-order valence-electron chi connectivity index (χ2n) is 8.21. The number of esters is 1. The smallest absolute Gasteiger partial charge is 0.338 e. The minimum atomic E-state index is -3.35. The van der Waals surface area contributed by atoms with E-state index < -0.39 is 25.0 Å². The van der Waals surface area contributed by atoms with Crippen molar-refractivity contribution in [3.8, 4) is 0 Å². The first-order valence-corrected chi connectivity index (χ1v) is 12.0. The van der Waals surface area contributed by atoms with Gasteiger partial charge in [0.1, 0.15) is 6.10 Å². The summed E-state index contributed by atoms with van der Waals surface area (Å²) in [7, 11) is -3.35. The van der Waals surface area contributed by atoms with Crippen molar-refractivity contribution in [1.29, 1.82) is 0 Å². The maximum atomic E-state index is 14.2. The lowest BCUT2D eigenvalue weighted by Gasteiger charge is -2.38. The summed E-state index contributed by atoms with van der Waals surface area (Å²) in [5, 5.41) is 1.27. The topological polar surface area (TPSA) is 52.6 Å². The molecule has 3 aromatic carbocycles. The second-order valence-corrected chi connectivity index (χ2v) is 10.6. The number of carbonyl (C=O) groups excluding carboxylic acids is 1. The van der Waals surface area contributed by atoms with E-state index in [1.54, 1.807) is 24.3 Å². The fraction of sp³-hybridized carbons (Fsp3) is 0.269. The van der Waals surface area contributed by atoms with Crippen LogP contribution < -0.4 is 10.6 Å². The van der Waals surface area contributed by atoms with Crippen molar-refractivity contribution in [3.05, 3.63) is 96.6 Å². The Balaban J connectivity index is 1.84. The summed E-state index contributed by atoms with van der Waals surface area (Å²) < 4.78 is 26.3. The molecule has 0 aromatic heterocycles. The van der Waals surface area contributed by atoms with Gasteiger partial charge in [-0.1, -0.05) is 68.4 Å². The van der Waals surface area contributed by atoms with E-state index in [0.29, 0.717) is 16.2 Å². The van der Waals surface area contributed by atoms with Crippen LogP contribution in [0.5, 0.6) is 0 Å². The van der Waals surface area contributed by atoms with E-state index in [0.717, 1.165) is 0 Å². The van der Waals surface area contributed by atoms with Crippen LogP contribution in [-0.2, 0) is 13.8 Å². The molecule has 5 heteroatoms. The molecule has 0 amide bonds. The van der Waals surface area contributed by atoms with Gasteiger partial charge in [0.05, 0.1) is 11.7 Å². The van der Waals surface area contributed by atoms with Crippen LogP contribution in [0, 0.1) is 5.41 Å². The molecule has 0 aliphatic carbocycles. The number of carbonyl (C=O) groups is 1. The normalized spacial score (nSPS) is 13.9. The summed E-state index contributed by atoms with van der Waals surface area (Å²) in [5.41, 5.74) is -0.0955. The van der Waals surface area contributed by atoms with E-state index in [1.165, 1.54) is 0 Å². The van der Waals surface area contributed by atoms with Gasteiger partial charge in [-0.3, -0.25) is 4.57 Å². The molecule has 0 saturated carbocycles. The predicted molar refractivity (Wildman–Crippen MR) is 125 cm³/mol. The third-order valence-corrected chi connectivity index (χ3v) is 8.46. The van der Waals surface area contributed by atoms with Gasteiger partial charge in [0.2, 0.25) is 0 Å². The van der Waals surface area contributed by atoms with Crippen LogP contribution in [0.4, 0.5) is 0 Å². The molecule has 4 nitrogen and oxygen atoms in total. The fourth-order valence-electron chi connectivity index (χ4n) is 3.16. The third-order valence-electron chi connectivity index (χ3n) is 5.89. The van der Waals surface area contributed by atoms with E-state index in [2.05, 4.69) is 0 Å². The van der Waals surface area contributed by atoms with Gasteiger partial charge in [-0.05, 0) is 50.2 Å². The number of benzene rings is 3. The van der Waals surface area contributed by atoms with E-state index in [9.17, 15) is 9.36 Å². The van der Waals surface area contributed by atoms with Crippen molar-refractivity contribution >= 4 is 23.9 Å². The van der Waals surface area contributed by atoms with Gasteiger partial charge >= 0.3 is 5.97 Å². The van der Waals surface area contributed by atoms with Gasteiger partial charge in [0, 0.05) is 16.0 Å². The van der Waals surface area contributed by atoms with Crippen LogP contribution in [0.3, 0.4) is 0 Å². The summed E-state index contributed by atoms with van der Waals surface area (Å²) >= 11 is 0. The van der Waals surface area contributed by atoms with Crippen molar-refractivity contribution in [2.45, 2.75) is 39.9 Å². The minimum Gasteiger partial charge on any atom is -0.458 e. The highest BCUT2D eigenvalue weighted by atomic mass is 31.2. The first-order valence-electron chi connectivity index (χ1n) is 10.4. The van der Waals surface area contributed by atoms with Crippen LogP contribution in [0.2, 0.25) is 0 Å². The van der Waals surface area contributed by atoms with Crippen molar-refractivity contribution in [2.24, 2.45) is 5.41 Å². The van der Waals surface area contributed by atoms with E-state index in [-0.39, 0.29) is 5.97 Å². The average Bonchev–Trinajstić information content (AvgIpc) is 2.80. The molecule has 2 atom stereocenters. The number of hydrogen-bond donors (Lipinski definition) is 0. The average molecular weight is 436 g/mol. The molecule has 0 radical (unpaired) electrons. The van der Waals surface area contributed by atoms with Crippen LogP contribution in [-0.4, -0.2) is 18.2 Å². The summed E-state index contributed by atoms with van der Waals surface area (Å²) in [6.07, 6.45) is -0.924. The zero-order valence-electron chi connectivity index (χ0n) is 18.4. The highest BCUT2D eigenvalue weighted by Crippen LogP contribution is 2.49. The zero-order chi connectivity index (χ0) is 22.5. The second kappa shape index (κ2) is 9.64. The summed E-state index contributed by atoms with van der Waals surface area (Å²) in [4.78, 5) is 12.5. The Morgan fingerprint density at radius 3 is 1.61 bits per heavy atom. The molecule has 3 rings (SSSR count). The Morgan fingerprint density at radius 1 is 0.742 bits per heavy atom. The molecule has 0 bridgehead atoms. The minimum absolute atomic E-state index is 0.386. The van der Waals surface area contributed by atoms with Gasteiger partial charge in [0.25, 0.3) is 7.37 Å². The van der Waals surface area contributed by atoms with Gasteiger partial charge in [-0.25, -0.2) is 4.79 Å². The van der Waals surface area contributed by atoms with Crippen LogP contribution >= 0.6 is 7.37 Å². The lowest BCUT2D eigenvalue weighted by atomic mass is 9.82. The Bertz CT molecular complexity index is 989. The molecular formula is C26H29O4P. The first kappa shape index (κ1) is 23.0. The molecule has 0 N–H and O–H groups in total. The Hall–Kier alpha value is -2.68. The quantitative estimate of drug-likeness (QED) is 0.341. The van der Waals surface area contributed by atoms with Crippen LogP contribution in [0.1, 0.15) is 38.1 Å². The lowest BCUT2D eigenvalue weighted by molar-refractivity contribution is -0.0378. The monoisotopic (exact) mass is 436 g/mol. The Labute approximate surface area is 184 Å². The van der Waals surface area contributed by atoms with Crippen molar-refractivity contribution in [2.75, 3.05) is 0 Å². The van der Waals surface area contributed by atoms with Crippen LogP contribution in [0.15, 0.2) is 91.0 Å². The Morgan fingerprint density at radius 2 is 1.16 bits per heavy atom. The lowest BCUT2D eigenvalue weighted by Crippen LogP contribution is -2.42. The van der Waals surface area contributed by atoms with Gasteiger partial charge in [-0.2, -0.15) is 0 Å². The summed E-state index contributed by atoms with van der Waals surface area (Å²) in [5.74, 6) is -0.386. The van der Waals surface area contributed by atoms with Gasteiger partial charge in [0.15, 0.2) is 0 Å². The van der Waals surface area contributed by atoms with E-state index in [4.69, 9.17) is 9.26 Å². The highest BCUT2D eigenvalue weighted by molar-refractivity contribution is 7.74. The Kier molecular flexibility index (Phi) is 7.15. The molecule has 3 aromatic rings. The molecule has 0 fully saturated rings. The third kappa shape index (κ3) is 5.15. The van der Waals surface area contributed by atoms with E-state index in [1.807, 2.05) is 94.4 Å². The summed E-state index contributed by atoms with van der Waals surface area (Å²) in [6.45, 7) is 7.64. The van der Waals surface area contributed by atoms with Crippen molar-refractivity contribution < 1.29 is 18.6 Å².